The standard InChI is InChI=1S/C12H21ClN2O2/c1-2-14-9-12(17)15(10-11(14)16)8-6-4-3-5-7-13/h2-10H2,1H3. The fraction of sp³-hybridized carbons (Fsp3) is 0.833. The van der Waals surface area contributed by atoms with E-state index in [0.29, 0.717) is 19.0 Å². The molecular formula is C12H21ClN2O2. The van der Waals surface area contributed by atoms with Crippen molar-refractivity contribution in [1.82, 2.24) is 9.80 Å². The Morgan fingerprint density at radius 3 is 2.24 bits per heavy atom. The molecule has 0 aliphatic carbocycles. The number of hydrogen-bond donors (Lipinski definition) is 0. The second-order valence-corrected chi connectivity index (χ2v) is 4.70. The Balaban J connectivity index is 2.25. The van der Waals surface area contributed by atoms with Gasteiger partial charge in [0.15, 0.2) is 0 Å². The van der Waals surface area contributed by atoms with E-state index in [0.717, 1.165) is 25.7 Å². The molecule has 2 amide bonds. The summed E-state index contributed by atoms with van der Waals surface area (Å²) in [5.74, 6) is 0.837. The molecule has 98 valence electrons. The summed E-state index contributed by atoms with van der Waals surface area (Å²) in [6.07, 6.45) is 4.16. The predicted octanol–water partition coefficient (Wildman–Crippen LogP) is 1.48. The highest BCUT2D eigenvalue weighted by Gasteiger charge is 2.27. The first-order valence-corrected chi connectivity index (χ1v) is 6.84. The van der Waals surface area contributed by atoms with Crippen molar-refractivity contribution in [2.75, 3.05) is 32.1 Å². The quantitative estimate of drug-likeness (QED) is 0.514. The Morgan fingerprint density at radius 2 is 1.59 bits per heavy atom. The van der Waals surface area contributed by atoms with Crippen molar-refractivity contribution in [2.24, 2.45) is 0 Å². The minimum Gasteiger partial charge on any atom is -0.332 e. The van der Waals surface area contributed by atoms with Crippen LogP contribution in [-0.2, 0) is 9.59 Å². The lowest BCUT2D eigenvalue weighted by Crippen LogP contribution is -2.53. The summed E-state index contributed by atoms with van der Waals surface area (Å²) in [5.41, 5.74) is 0. The first-order chi connectivity index (χ1) is 8.19. The van der Waals surface area contributed by atoms with Crippen LogP contribution in [0.4, 0.5) is 0 Å². The van der Waals surface area contributed by atoms with Crippen molar-refractivity contribution < 1.29 is 9.59 Å². The number of carbonyl (C=O) groups is 2. The summed E-state index contributed by atoms with van der Waals surface area (Å²) in [5, 5.41) is 0. The van der Waals surface area contributed by atoms with Gasteiger partial charge >= 0.3 is 0 Å². The van der Waals surface area contributed by atoms with Gasteiger partial charge in [-0.15, -0.1) is 11.6 Å². The summed E-state index contributed by atoms with van der Waals surface area (Å²) in [4.78, 5) is 26.7. The number of hydrogen-bond acceptors (Lipinski definition) is 2. The van der Waals surface area contributed by atoms with Crippen LogP contribution < -0.4 is 0 Å². The molecule has 0 radical (unpaired) electrons. The predicted molar refractivity (Wildman–Crippen MR) is 68.0 cm³/mol. The number of unbranched alkanes of at least 4 members (excludes halogenated alkanes) is 3. The molecule has 4 nitrogen and oxygen atoms in total. The number of rotatable bonds is 7. The lowest BCUT2D eigenvalue weighted by atomic mass is 10.2. The number of alkyl halides is 1. The van der Waals surface area contributed by atoms with Crippen molar-refractivity contribution in [3.63, 3.8) is 0 Å². The van der Waals surface area contributed by atoms with Gasteiger partial charge in [0.1, 0.15) is 0 Å². The molecule has 1 aliphatic heterocycles. The lowest BCUT2D eigenvalue weighted by Gasteiger charge is -2.33. The Bertz CT molecular complexity index is 271. The maximum Gasteiger partial charge on any atom is 0.242 e. The minimum atomic E-state index is 0.0628. The molecule has 1 fully saturated rings. The van der Waals surface area contributed by atoms with Crippen LogP contribution in [0.5, 0.6) is 0 Å². The van der Waals surface area contributed by atoms with Gasteiger partial charge in [-0.05, 0) is 19.8 Å². The van der Waals surface area contributed by atoms with Crippen LogP contribution in [0.15, 0.2) is 0 Å². The van der Waals surface area contributed by atoms with Crippen molar-refractivity contribution >= 4 is 23.4 Å². The van der Waals surface area contributed by atoms with Crippen LogP contribution in [0.2, 0.25) is 0 Å². The van der Waals surface area contributed by atoms with Gasteiger partial charge in [0.25, 0.3) is 0 Å². The molecule has 0 aromatic carbocycles. The molecule has 0 spiro atoms. The van der Waals surface area contributed by atoms with Gasteiger partial charge in [-0.3, -0.25) is 9.59 Å². The SMILES string of the molecule is CCN1CC(=O)N(CCCCCCCl)CC1=O. The van der Waals surface area contributed by atoms with Gasteiger partial charge in [-0.25, -0.2) is 0 Å². The van der Waals surface area contributed by atoms with Gasteiger partial charge in [0, 0.05) is 19.0 Å². The Labute approximate surface area is 108 Å². The molecule has 0 unspecified atom stereocenters. The van der Waals surface area contributed by atoms with E-state index >= 15 is 0 Å². The van der Waals surface area contributed by atoms with E-state index in [1.807, 2.05) is 6.92 Å². The van der Waals surface area contributed by atoms with E-state index < -0.39 is 0 Å². The number of nitrogens with zero attached hydrogens (tertiary/aromatic N) is 2. The molecule has 1 rings (SSSR count). The monoisotopic (exact) mass is 260 g/mol. The van der Waals surface area contributed by atoms with Crippen LogP contribution in [0.3, 0.4) is 0 Å². The number of likely N-dealkylation sites (N-methyl/N-ethyl adjacent to an activating group) is 1. The maximum absolute atomic E-state index is 11.7. The first kappa shape index (κ1) is 14.3. The Hall–Kier alpha value is -0.770. The summed E-state index contributed by atoms with van der Waals surface area (Å²) in [6.45, 7) is 3.71. The summed E-state index contributed by atoms with van der Waals surface area (Å²) < 4.78 is 0. The molecule has 0 aromatic rings. The van der Waals surface area contributed by atoms with Crippen molar-refractivity contribution in [2.45, 2.75) is 32.6 Å². The molecule has 1 heterocycles. The van der Waals surface area contributed by atoms with E-state index in [2.05, 4.69) is 0 Å². The van der Waals surface area contributed by atoms with Crippen LogP contribution in [0, 0.1) is 0 Å². The first-order valence-electron chi connectivity index (χ1n) is 6.30. The topological polar surface area (TPSA) is 40.6 Å². The summed E-state index contributed by atoms with van der Waals surface area (Å²) in [6, 6.07) is 0. The third-order valence-corrected chi connectivity index (χ3v) is 3.32. The lowest BCUT2D eigenvalue weighted by molar-refractivity contribution is -0.149. The molecule has 5 heteroatoms. The van der Waals surface area contributed by atoms with E-state index in [4.69, 9.17) is 11.6 Å². The normalized spacial score (nSPS) is 16.8. The number of amides is 2. The van der Waals surface area contributed by atoms with Gasteiger partial charge in [-0.2, -0.15) is 0 Å². The number of halogens is 1. The summed E-state index contributed by atoms with van der Waals surface area (Å²) in [7, 11) is 0. The zero-order valence-corrected chi connectivity index (χ0v) is 11.2. The van der Waals surface area contributed by atoms with Crippen molar-refractivity contribution in [3.05, 3.63) is 0 Å². The van der Waals surface area contributed by atoms with E-state index in [1.54, 1.807) is 9.80 Å². The largest absolute Gasteiger partial charge is 0.332 e. The van der Waals surface area contributed by atoms with Crippen molar-refractivity contribution in [3.8, 4) is 0 Å². The molecule has 1 aliphatic rings. The van der Waals surface area contributed by atoms with E-state index in [-0.39, 0.29) is 24.9 Å². The highest BCUT2D eigenvalue weighted by molar-refractivity contribution is 6.17. The molecule has 0 saturated carbocycles. The fourth-order valence-electron chi connectivity index (χ4n) is 1.95. The maximum atomic E-state index is 11.7. The third kappa shape index (κ3) is 4.54. The highest BCUT2D eigenvalue weighted by Crippen LogP contribution is 2.08. The van der Waals surface area contributed by atoms with E-state index in [9.17, 15) is 9.59 Å². The van der Waals surface area contributed by atoms with E-state index in [1.165, 1.54) is 0 Å². The number of carbonyl (C=O) groups excluding carboxylic acids is 2. The average Bonchev–Trinajstić information content (AvgIpc) is 2.32. The molecule has 0 atom stereocenters. The number of piperazine rings is 1. The van der Waals surface area contributed by atoms with Crippen LogP contribution in [0.1, 0.15) is 32.6 Å². The Kier molecular flexibility index (Phi) is 6.34. The van der Waals surface area contributed by atoms with Crippen LogP contribution in [0.25, 0.3) is 0 Å². The van der Waals surface area contributed by atoms with Gasteiger partial charge < -0.3 is 9.80 Å². The molecule has 1 saturated heterocycles. The second-order valence-electron chi connectivity index (χ2n) is 4.33. The average molecular weight is 261 g/mol. The van der Waals surface area contributed by atoms with Crippen LogP contribution in [-0.4, -0.2) is 53.7 Å². The molecule has 0 bridgehead atoms. The third-order valence-electron chi connectivity index (χ3n) is 3.05. The second kappa shape index (κ2) is 7.54. The molecular weight excluding hydrogens is 240 g/mol. The van der Waals surface area contributed by atoms with Crippen LogP contribution >= 0.6 is 11.6 Å². The highest BCUT2D eigenvalue weighted by atomic mass is 35.5. The molecule has 17 heavy (non-hydrogen) atoms. The van der Waals surface area contributed by atoms with Gasteiger partial charge in [-0.1, -0.05) is 12.8 Å². The molecule has 0 aromatic heterocycles. The zero-order valence-electron chi connectivity index (χ0n) is 10.5. The van der Waals surface area contributed by atoms with Gasteiger partial charge in [0.2, 0.25) is 11.8 Å². The zero-order chi connectivity index (χ0) is 12.7. The smallest absolute Gasteiger partial charge is 0.242 e. The minimum absolute atomic E-state index is 0.0628. The van der Waals surface area contributed by atoms with Gasteiger partial charge in [0.05, 0.1) is 13.1 Å². The fourth-order valence-corrected chi connectivity index (χ4v) is 2.13. The Morgan fingerprint density at radius 1 is 1.00 bits per heavy atom. The van der Waals surface area contributed by atoms with Crippen molar-refractivity contribution in [1.29, 1.82) is 0 Å². The molecule has 0 N–H and O–H groups in total. The summed E-state index contributed by atoms with van der Waals surface area (Å²) >= 11 is 5.59.